The molecule has 1 heterocycles. The van der Waals surface area contributed by atoms with E-state index in [1.54, 1.807) is 0 Å². The minimum absolute atomic E-state index is 0.0430. The number of hydrogen-bond acceptors (Lipinski definition) is 3. The van der Waals surface area contributed by atoms with Gasteiger partial charge in [-0.3, -0.25) is 4.90 Å². The first-order chi connectivity index (χ1) is 9.49. The summed E-state index contributed by atoms with van der Waals surface area (Å²) in [5, 5.41) is 0. The predicted molar refractivity (Wildman–Crippen MR) is 85.2 cm³/mol. The van der Waals surface area contributed by atoms with Gasteiger partial charge in [0, 0.05) is 36.0 Å². The Kier molecular flexibility index (Phi) is 4.96. The highest BCUT2D eigenvalue weighted by Gasteiger charge is 2.22. The first-order valence-electron chi connectivity index (χ1n) is 6.66. The smallest absolute Gasteiger partial charge is 0.122 e. The highest BCUT2D eigenvalue weighted by molar-refractivity contribution is 9.10. The summed E-state index contributed by atoms with van der Waals surface area (Å²) in [6.45, 7) is 2.81. The van der Waals surface area contributed by atoms with Crippen LogP contribution in [0.15, 0.2) is 41.1 Å². The van der Waals surface area contributed by atoms with Crippen LogP contribution in [0.25, 0.3) is 0 Å². The molecule has 20 heavy (non-hydrogen) atoms. The Labute approximate surface area is 128 Å². The molecule has 0 saturated heterocycles. The van der Waals surface area contributed by atoms with Crippen LogP contribution >= 0.6 is 15.9 Å². The Bertz CT molecular complexity index is 547. The molecule has 2 atom stereocenters. The molecule has 0 saturated carbocycles. The molecule has 0 aliphatic heterocycles. The van der Waals surface area contributed by atoms with Gasteiger partial charge in [-0.15, -0.1) is 0 Å². The molecule has 1 aromatic heterocycles. The number of nitrogens with zero attached hydrogens (tertiary/aromatic N) is 3. The summed E-state index contributed by atoms with van der Waals surface area (Å²) in [7, 11) is 4.10. The number of likely N-dealkylation sites (N-methyl/N-ethyl adjacent to an activating group) is 1. The zero-order chi connectivity index (χ0) is 14.7. The standard InChI is InChI=1S/C15H21BrN4/c1-11(17)15(12-4-6-13(16)7-5-12)20(3)10-14-18-8-9-19(14)2/h4-9,11,15H,10,17H2,1-3H3. The number of imidazole rings is 1. The van der Waals surface area contributed by atoms with Gasteiger partial charge in [0.15, 0.2) is 0 Å². The molecule has 0 spiro atoms. The number of nitrogens with two attached hydrogens (primary N) is 1. The molecular weight excluding hydrogens is 316 g/mol. The van der Waals surface area contributed by atoms with Crippen molar-refractivity contribution in [1.29, 1.82) is 0 Å². The second-order valence-electron chi connectivity index (χ2n) is 5.22. The Morgan fingerprint density at radius 3 is 2.50 bits per heavy atom. The molecule has 0 aliphatic carbocycles. The van der Waals surface area contributed by atoms with E-state index in [0.29, 0.717) is 0 Å². The van der Waals surface area contributed by atoms with E-state index in [1.807, 2.05) is 30.9 Å². The highest BCUT2D eigenvalue weighted by Crippen LogP contribution is 2.25. The first-order valence-corrected chi connectivity index (χ1v) is 7.46. The van der Waals surface area contributed by atoms with Crippen LogP contribution in [0, 0.1) is 0 Å². The lowest BCUT2D eigenvalue weighted by Crippen LogP contribution is -2.37. The van der Waals surface area contributed by atoms with Crippen LogP contribution in [0.4, 0.5) is 0 Å². The minimum Gasteiger partial charge on any atom is -0.337 e. The van der Waals surface area contributed by atoms with E-state index < -0.39 is 0 Å². The molecule has 2 aromatic rings. The molecule has 0 radical (unpaired) electrons. The predicted octanol–water partition coefficient (Wildman–Crippen LogP) is 2.70. The average molecular weight is 337 g/mol. The van der Waals surface area contributed by atoms with Crippen molar-refractivity contribution in [2.75, 3.05) is 7.05 Å². The fourth-order valence-electron chi connectivity index (χ4n) is 2.49. The summed E-state index contributed by atoms with van der Waals surface area (Å²) in [5.74, 6) is 1.04. The molecule has 0 fully saturated rings. The van der Waals surface area contributed by atoms with Gasteiger partial charge in [0.2, 0.25) is 0 Å². The van der Waals surface area contributed by atoms with Crippen molar-refractivity contribution < 1.29 is 0 Å². The molecule has 108 valence electrons. The number of benzene rings is 1. The SMILES string of the molecule is CC(N)C(c1ccc(Br)cc1)N(C)Cc1nccn1C. The Hall–Kier alpha value is -1.17. The zero-order valence-electron chi connectivity index (χ0n) is 12.1. The number of aryl methyl sites for hydroxylation is 1. The van der Waals surface area contributed by atoms with Crippen LogP contribution in [0.3, 0.4) is 0 Å². The lowest BCUT2D eigenvalue weighted by molar-refractivity contribution is 0.204. The largest absolute Gasteiger partial charge is 0.337 e. The van der Waals surface area contributed by atoms with Crippen molar-refractivity contribution >= 4 is 15.9 Å². The van der Waals surface area contributed by atoms with E-state index in [2.05, 4.69) is 57.1 Å². The van der Waals surface area contributed by atoms with E-state index >= 15 is 0 Å². The average Bonchev–Trinajstić information content (AvgIpc) is 2.77. The summed E-state index contributed by atoms with van der Waals surface area (Å²) in [5.41, 5.74) is 7.42. The van der Waals surface area contributed by atoms with Crippen molar-refractivity contribution in [2.45, 2.75) is 25.6 Å². The normalized spacial score (nSPS) is 14.5. The Morgan fingerprint density at radius 2 is 2.00 bits per heavy atom. The lowest BCUT2D eigenvalue weighted by Gasteiger charge is -2.31. The molecule has 0 bridgehead atoms. The van der Waals surface area contributed by atoms with Gasteiger partial charge in [-0.1, -0.05) is 28.1 Å². The van der Waals surface area contributed by atoms with Crippen molar-refractivity contribution in [3.05, 3.63) is 52.5 Å². The third-order valence-electron chi connectivity index (χ3n) is 3.50. The Morgan fingerprint density at radius 1 is 1.35 bits per heavy atom. The lowest BCUT2D eigenvalue weighted by atomic mass is 9.99. The molecule has 5 heteroatoms. The number of halogens is 1. The first kappa shape index (κ1) is 15.2. The van der Waals surface area contributed by atoms with Gasteiger partial charge in [-0.2, -0.15) is 0 Å². The topological polar surface area (TPSA) is 47.1 Å². The van der Waals surface area contributed by atoms with Crippen LogP contribution in [-0.4, -0.2) is 27.5 Å². The van der Waals surface area contributed by atoms with Gasteiger partial charge in [0.25, 0.3) is 0 Å². The van der Waals surface area contributed by atoms with Crippen molar-refractivity contribution in [3.63, 3.8) is 0 Å². The van der Waals surface area contributed by atoms with E-state index in [-0.39, 0.29) is 12.1 Å². The summed E-state index contributed by atoms with van der Waals surface area (Å²) >= 11 is 3.47. The van der Waals surface area contributed by atoms with E-state index in [0.717, 1.165) is 16.8 Å². The second-order valence-corrected chi connectivity index (χ2v) is 6.14. The molecule has 0 amide bonds. The van der Waals surface area contributed by atoms with Gasteiger partial charge in [0.1, 0.15) is 5.82 Å². The summed E-state index contributed by atoms with van der Waals surface area (Å²) in [6.07, 6.45) is 3.79. The van der Waals surface area contributed by atoms with Crippen LogP contribution in [0.5, 0.6) is 0 Å². The van der Waals surface area contributed by atoms with Crippen LogP contribution < -0.4 is 5.73 Å². The number of rotatable bonds is 5. The van der Waals surface area contributed by atoms with Crippen LogP contribution in [0.2, 0.25) is 0 Å². The van der Waals surface area contributed by atoms with Crippen molar-refractivity contribution in [2.24, 2.45) is 12.8 Å². The fourth-order valence-corrected chi connectivity index (χ4v) is 2.75. The van der Waals surface area contributed by atoms with E-state index in [1.165, 1.54) is 5.56 Å². The summed E-state index contributed by atoms with van der Waals surface area (Å²) < 4.78 is 3.12. The molecular formula is C15H21BrN4. The van der Waals surface area contributed by atoms with E-state index in [4.69, 9.17) is 5.73 Å². The van der Waals surface area contributed by atoms with Gasteiger partial charge in [-0.05, 0) is 31.7 Å². The van der Waals surface area contributed by atoms with Gasteiger partial charge < -0.3 is 10.3 Å². The second kappa shape index (κ2) is 6.52. The monoisotopic (exact) mass is 336 g/mol. The van der Waals surface area contributed by atoms with Gasteiger partial charge in [-0.25, -0.2) is 4.98 Å². The third-order valence-corrected chi connectivity index (χ3v) is 4.02. The van der Waals surface area contributed by atoms with Crippen molar-refractivity contribution in [1.82, 2.24) is 14.5 Å². The molecule has 2 unspecified atom stereocenters. The van der Waals surface area contributed by atoms with E-state index in [9.17, 15) is 0 Å². The molecule has 2 N–H and O–H groups in total. The highest BCUT2D eigenvalue weighted by atomic mass is 79.9. The number of hydrogen-bond donors (Lipinski definition) is 1. The Balaban J connectivity index is 2.20. The minimum atomic E-state index is 0.0430. The third kappa shape index (κ3) is 3.48. The molecule has 0 aliphatic rings. The fraction of sp³-hybridized carbons (Fsp3) is 0.400. The molecule has 4 nitrogen and oxygen atoms in total. The van der Waals surface area contributed by atoms with Gasteiger partial charge >= 0.3 is 0 Å². The van der Waals surface area contributed by atoms with Crippen LogP contribution in [-0.2, 0) is 13.6 Å². The van der Waals surface area contributed by atoms with Crippen molar-refractivity contribution in [3.8, 4) is 0 Å². The molecule has 2 rings (SSSR count). The quantitative estimate of drug-likeness (QED) is 0.913. The number of aromatic nitrogens is 2. The van der Waals surface area contributed by atoms with Crippen LogP contribution in [0.1, 0.15) is 24.4 Å². The summed E-state index contributed by atoms with van der Waals surface area (Å²) in [4.78, 5) is 6.62. The summed E-state index contributed by atoms with van der Waals surface area (Å²) in [6, 6.07) is 8.56. The van der Waals surface area contributed by atoms with Gasteiger partial charge in [0.05, 0.1) is 6.54 Å². The maximum absolute atomic E-state index is 6.19. The maximum atomic E-state index is 6.19. The maximum Gasteiger partial charge on any atom is 0.122 e. The molecule has 1 aromatic carbocycles. The zero-order valence-corrected chi connectivity index (χ0v) is 13.7.